The molecule has 0 aromatic heterocycles. The third kappa shape index (κ3) is 6.57. The summed E-state index contributed by atoms with van der Waals surface area (Å²) in [6, 6.07) is 19.7. The number of esters is 1. The van der Waals surface area contributed by atoms with Gasteiger partial charge in [-0.1, -0.05) is 35.9 Å². The maximum atomic E-state index is 12.6. The number of hydrogen-bond acceptors (Lipinski definition) is 5. The summed E-state index contributed by atoms with van der Waals surface area (Å²) in [5, 5.41) is 3.18. The Bertz CT molecular complexity index is 1260. The first-order valence-electron chi connectivity index (χ1n) is 10.1. The van der Waals surface area contributed by atoms with Gasteiger partial charge in [-0.05, 0) is 61.0 Å². The second-order valence-electron chi connectivity index (χ2n) is 7.20. The molecule has 0 saturated carbocycles. The Morgan fingerprint density at radius 2 is 1.67 bits per heavy atom. The van der Waals surface area contributed by atoms with Crippen molar-refractivity contribution in [1.29, 1.82) is 0 Å². The maximum absolute atomic E-state index is 12.6. The van der Waals surface area contributed by atoms with Crippen molar-refractivity contribution in [2.75, 3.05) is 22.5 Å². The Hall–Kier alpha value is -3.36. The highest BCUT2D eigenvalue weighted by Gasteiger charge is 2.18. The number of carbonyl (C=O) groups excluding carboxylic acids is 2. The van der Waals surface area contributed by atoms with Crippen LogP contribution in [0.2, 0.25) is 5.02 Å². The molecule has 0 saturated heterocycles. The van der Waals surface area contributed by atoms with Gasteiger partial charge in [0, 0.05) is 16.3 Å². The Labute approximate surface area is 198 Å². The van der Waals surface area contributed by atoms with Crippen molar-refractivity contribution < 1.29 is 22.7 Å². The Morgan fingerprint density at radius 3 is 2.30 bits per heavy atom. The largest absolute Gasteiger partial charge is 0.462 e. The van der Waals surface area contributed by atoms with Crippen molar-refractivity contribution in [1.82, 2.24) is 0 Å². The molecule has 1 N–H and O–H groups in total. The average molecular weight is 487 g/mol. The van der Waals surface area contributed by atoms with E-state index in [0.29, 0.717) is 33.1 Å². The quantitative estimate of drug-likeness (QED) is 0.464. The minimum atomic E-state index is -3.56. The van der Waals surface area contributed by atoms with Crippen LogP contribution >= 0.6 is 11.6 Å². The van der Waals surface area contributed by atoms with Gasteiger partial charge in [0.1, 0.15) is 0 Å². The molecule has 3 aromatic rings. The molecular weight excluding hydrogens is 464 g/mol. The molecule has 0 fully saturated rings. The van der Waals surface area contributed by atoms with Gasteiger partial charge >= 0.3 is 5.97 Å². The molecule has 3 rings (SSSR count). The van der Waals surface area contributed by atoms with Crippen LogP contribution in [0, 0.1) is 0 Å². The predicted molar refractivity (Wildman–Crippen MR) is 129 cm³/mol. The highest BCUT2D eigenvalue weighted by Crippen LogP contribution is 2.24. The SMILES string of the molecule is CCOC(=O)c1cccc(NC(=O)c2ccc(CN(c3cccc(Cl)c3)S(C)(=O)=O)cc2)c1. The van der Waals surface area contributed by atoms with E-state index >= 15 is 0 Å². The maximum Gasteiger partial charge on any atom is 0.338 e. The lowest BCUT2D eigenvalue weighted by atomic mass is 10.1. The molecule has 33 heavy (non-hydrogen) atoms. The molecule has 3 aromatic carbocycles. The van der Waals surface area contributed by atoms with Crippen LogP contribution in [0.3, 0.4) is 0 Å². The topological polar surface area (TPSA) is 92.8 Å². The predicted octanol–water partition coefficient (Wildman–Crippen LogP) is 4.74. The minimum absolute atomic E-state index is 0.0860. The van der Waals surface area contributed by atoms with Crippen LogP contribution in [0.25, 0.3) is 0 Å². The van der Waals surface area contributed by atoms with Gasteiger partial charge in [0.05, 0.1) is 30.7 Å². The van der Waals surface area contributed by atoms with Gasteiger partial charge < -0.3 is 10.1 Å². The van der Waals surface area contributed by atoms with Crippen molar-refractivity contribution in [3.05, 3.63) is 94.5 Å². The Balaban J connectivity index is 1.73. The molecule has 0 aliphatic carbocycles. The molecule has 0 bridgehead atoms. The summed E-state index contributed by atoms with van der Waals surface area (Å²) < 4.78 is 30.9. The van der Waals surface area contributed by atoms with Crippen molar-refractivity contribution >= 4 is 44.9 Å². The van der Waals surface area contributed by atoms with Crippen molar-refractivity contribution in [3.63, 3.8) is 0 Å². The van der Waals surface area contributed by atoms with Crippen LogP contribution in [0.1, 0.15) is 33.2 Å². The van der Waals surface area contributed by atoms with Crippen molar-refractivity contribution in [2.24, 2.45) is 0 Å². The van der Waals surface area contributed by atoms with E-state index in [2.05, 4.69) is 5.32 Å². The zero-order valence-electron chi connectivity index (χ0n) is 18.1. The van der Waals surface area contributed by atoms with Crippen LogP contribution in [0.4, 0.5) is 11.4 Å². The Morgan fingerprint density at radius 1 is 0.970 bits per heavy atom. The molecule has 0 aliphatic rings. The number of amides is 1. The number of anilines is 2. The first kappa shape index (κ1) is 24.3. The number of halogens is 1. The van der Waals surface area contributed by atoms with Gasteiger partial charge in [0.2, 0.25) is 10.0 Å². The van der Waals surface area contributed by atoms with Gasteiger partial charge in [-0.2, -0.15) is 0 Å². The van der Waals surface area contributed by atoms with Gasteiger partial charge in [-0.3, -0.25) is 9.10 Å². The second-order valence-corrected chi connectivity index (χ2v) is 9.55. The molecule has 0 unspecified atom stereocenters. The van der Waals surface area contributed by atoms with E-state index in [1.165, 1.54) is 4.31 Å². The summed E-state index contributed by atoms with van der Waals surface area (Å²) in [5.41, 5.74) is 2.33. The van der Waals surface area contributed by atoms with Crippen molar-refractivity contribution in [3.8, 4) is 0 Å². The summed E-state index contributed by atoms with van der Waals surface area (Å²) in [4.78, 5) is 24.5. The first-order chi connectivity index (χ1) is 15.7. The first-order valence-corrected chi connectivity index (χ1v) is 12.3. The molecule has 0 radical (unpaired) electrons. The van der Waals surface area contributed by atoms with E-state index in [1.54, 1.807) is 79.7 Å². The zero-order chi connectivity index (χ0) is 24.0. The third-order valence-corrected chi connectivity index (χ3v) is 6.05. The van der Waals surface area contributed by atoms with Crippen LogP contribution in [0.5, 0.6) is 0 Å². The third-order valence-electron chi connectivity index (χ3n) is 4.67. The van der Waals surface area contributed by atoms with Crippen LogP contribution in [-0.2, 0) is 21.3 Å². The highest BCUT2D eigenvalue weighted by atomic mass is 35.5. The molecule has 172 valence electrons. The summed E-state index contributed by atoms with van der Waals surface area (Å²) in [6.45, 7) is 2.07. The number of hydrogen-bond donors (Lipinski definition) is 1. The van der Waals surface area contributed by atoms with E-state index in [-0.39, 0.29) is 19.1 Å². The van der Waals surface area contributed by atoms with Crippen LogP contribution in [0.15, 0.2) is 72.8 Å². The van der Waals surface area contributed by atoms with Crippen molar-refractivity contribution in [2.45, 2.75) is 13.5 Å². The Kier molecular flexibility index (Phi) is 7.73. The smallest absolute Gasteiger partial charge is 0.338 e. The number of ether oxygens (including phenoxy) is 1. The van der Waals surface area contributed by atoms with E-state index in [4.69, 9.17) is 16.3 Å². The number of benzene rings is 3. The van der Waals surface area contributed by atoms with E-state index < -0.39 is 16.0 Å². The molecule has 9 heteroatoms. The fourth-order valence-electron chi connectivity index (χ4n) is 3.10. The molecule has 1 amide bonds. The average Bonchev–Trinajstić information content (AvgIpc) is 2.77. The molecule has 0 heterocycles. The number of nitrogens with one attached hydrogen (secondary N) is 1. The minimum Gasteiger partial charge on any atom is -0.462 e. The van der Waals surface area contributed by atoms with Gasteiger partial charge in [0.15, 0.2) is 0 Å². The van der Waals surface area contributed by atoms with E-state index in [0.717, 1.165) is 6.26 Å². The fraction of sp³-hybridized carbons (Fsp3) is 0.167. The monoisotopic (exact) mass is 486 g/mol. The molecule has 7 nitrogen and oxygen atoms in total. The molecule has 0 aliphatic heterocycles. The van der Waals surface area contributed by atoms with Gasteiger partial charge in [0.25, 0.3) is 5.91 Å². The highest BCUT2D eigenvalue weighted by molar-refractivity contribution is 7.92. The lowest BCUT2D eigenvalue weighted by Gasteiger charge is -2.22. The zero-order valence-corrected chi connectivity index (χ0v) is 19.7. The fourth-order valence-corrected chi connectivity index (χ4v) is 4.16. The second kappa shape index (κ2) is 10.5. The summed E-state index contributed by atoms with van der Waals surface area (Å²) in [5.74, 6) is -0.828. The lowest BCUT2D eigenvalue weighted by Crippen LogP contribution is -2.29. The molecular formula is C24H23ClN2O5S. The number of rotatable bonds is 8. The van der Waals surface area contributed by atoms with E-state index in [1.807, 2.05) is 0 Å². The number of nitrogens with zero attached hydrogens (tertiary/aromatic N) is 1. The standard InChI is InChI=1S/C24H23ClN2O5S/c1-3-32-24(29)19-6-4-8-21(14-19)26-23(28)18-12-10-17(11-13-18)16-27(33(2,30)31)22-9-5-7-20(25)15-22/h4-15H,3,16H2,1-2H3,(H,26,28). The lowest BCUT2D eigenvalue weighted by molar-refractivity contribution is 0.0526. The number of carbonyl (C=O) groups is 2. The van der Waals surface area contributed by atoms with E-state index in [9.17, 15) is 18.0 Å². The number of sulfonamides is 1. The molecule has 0 atom stereocenters. The van der Waals surface area contributed by atoms with Gasteiger partial charge in [-0.25, -0.2) is 13.2 Å². The summed E-state index contributed by atoms with van der Waals surface area (Å²) in [6.07, 6.45) is 1.13. The van der Waals surface area contributed by atoms with Crippen LogP contribution in [-0.4, -0.2) is 33.2 Å². The summed E-state index contributed by atoms with van der Waals surface area (Å²) >= 11 is 6.02. The van der Waals surface area contributed by atoms with Crippen LogP contribution < -0.4 is 9.62 Å². The normalized spacial score (nSPS) is 11.0. The van der Waals surface area contributed by atoms with Gasteiger partial charge in [-0.15, -0.1) is 0 Å². The summed E-state index contributed by atoms with van der Waals surface area (Å²) in [7, 11) is -3.56. The molecule has 0 spiro atoms.